The van der Waals surface area contributed by atoms with E-state index in [1.807, 2.05) is 0 Å². The van der Waals surface area contributed by atoms with Crippen LogP contribution in [0.5, 0.6) is 5.75 Å². The molecule has 0 spiro atoms. The van der Waals surface area contributed by atoms with Crippen LogP contribution >= 0.6 is 0 Å². The Hall–Kier alpha value is -2.11. The van der Waals surface area contributed by atoms with Crippen molar-refractivity contribution in [2.45, 2.75) is 13.3 Å². The molecule has 1 aromatic carbocycles. The molecule has 1 rings (SSSR count). The summed E-state index contributed by atoms with van der Waals surface area (Å²) in [5.74, 6) is -2.90. The summed E-state index contributed by atoms with van der Waals surface area (Å²) < 4.78 is 18.5. The number of hydrogen-bond donors (Lipinski definition) is 2. The van der Waals surface area contributed by atoms with Crippen molar-refractivity contribution in [2.75, 3.05) is 13.2 Å². The third-order valence-corrected chi connectivity index (χ3v) is 2.19. The lowest BCUT2D eigenvalue weighted by atomic mass is 10.1. The number of benzene rings is 1. The van der Waals surface area contributed by atoms with E-state index in [0.29, 0.717) is 18.6 Å². The van der Waals surface area contributed by atoms with Crippen molar-refractivity contribution in [3.63, 3.8) is 0 Å². The quantitative estimate of drug-likeness (QED) is 0.769. The molecule has 0 unspecified atom stereocenters. The molecule has 0 saturated heterocycles. The van der Waals surface area contributed by atoms with Crippen LogP contribution in [-0.4, -0.2) is 30.1 Å². The molecule has 0 aromatic heterocycles. The molecule has 0 aliphatic carbocycles. The summed E-state index contributed by atoms with van der Waals surface area (Å²) in [6, 6.07) is 4.48. The predicted molar refractivity (Wildman–Crippen MR) is 61.9 cm³/mol. The largest absolute Gasteiger partial charge is 0.491 e. The fourth-order valence-electron chi connectivity index (χ4n) is 1.37. The van der Waals surface area contributed by atoms with Crippen molar-refractivity contribution in [1.82, 2.24) is 5.32 Å². The highest BCUT2D eigenvalue weighted by Gasteiger charge is 2.10. The van der Waals surface area contributed by atoms with Gasteiger partial charge in [-0.2, -0.15) is 0 Å². The van der Waals surface area contributed by atoms with Gasteiger partial charge >= 0.3 is 11.9 Å². The van der Waals surface area contributed by atoms with Crippen LogP contribution in [0.2, 0.25) is 0 Å². The first-order valence-electron chi connectivity index (χ1n) is 5.47. The maximum atomic E-state index is 13.4. The van der Waals surface area contributed by atoms with Crippen molar-refractivity contribution >= 4 is 11.9 Å². The fourth-order valence-corrected chi connectivity index (χ4v) is 1.37. The molecule has 0 bridgehead atoms. The molecule has 2 N–H and O–H groups in total. The Bertz CT molecular complexity index is 448. The number of rotatable bonds is 5. The van der Waals surface area contributed by atoms with Crippen LogP contribution in [0.15, 0.2) is 18.2 Å². The minimum absolute atomic E-state index is 0.137. The van der Waals surface area contributed by atoms with Crippen LogP contribution in [0.1, 0.15) is 12.5 Å². The summed E-state index contributed by atoms with van der Waals surface area (Å²) in [6.07, 6.45) is 0.350. The third kappa shape index (κ3) is 4.04. The van der Waals surface area contributed by atoms with Crippen molar-refractivity contribution < 1.29 is 23.8 Å². The number of nitrogens with one attached hydrogen (secondary N) is 1. The SMILES string of the molecule is CCOc1ccc(CCNC(=O)C(=O)O)cc1F. The maximum Gasteiger partial charge on any atom is 0.394 e. The Balaban J connectivity index is 2.51. The Morgan fingerprint density at radius 3 is 2.72 bits per heavy atom. The summed E-state index contributed by atoms with van der Waals surface area (Å²) in [5.41, 5.74) is 0.654. The number of amides is 1. The second-order valence-corrected chi connectivity index (χ2v) is 3.51. The summed E-state index contributed by atoms with van der Waals surface area (Å²) in [7, 11) is 0. The zero-order valence-corrected chi connectivity index (χ0v) is 9.90. The lowest BCUT2D eigenvalue weighted by molar-refractivity contribution is -0.150. The highest BCUT2D eigenvalue weighted by Crippen LogP contribution is 2.18. The summed E-state index contributed by atoms with van der Waals surface area (Å²) >= 11 is 0. The van der Waals surface area contributed by atoms with E-state index in [4.69, 9.17) is 9.84 Å². The molecule has 0 saturated carbocycles. The molecule has 0 heterocycles. The topological polar surface area (TPSA) is 75.6 Å². The van der Waals surface area contributed by atoms with Gasteiger partial charge in [0.25, 0.3) is 0 Å². The molecule has 6 heteroatoms. The minimum atomic E-state index is -1.53. The average molecular weight is 255 g/mol. The second-order valence-electron chi connectivity index (χ2n) is 3.51. The van der Waals surface area contributed by atoms with Crippen LogP contribution in [0.25, 0.3) is 0 Å². The van der Waals surface area contributed by atoms with Gasteiger partial charge in [-0.1, -0.05) is 6.07 Å². The zero-order chi connectivity index (χ0) is 13.5. The molecule has 0 aliphatic heterocycles. The molecule has 1 aromatic rings. The number of halogens is 1. The predicted octanol–water partition coefficient (Wildman–Crippen LogP) is 0.968. The Kier molecular flexibility index (Phi) is 5.10. The van der Waals surface area contributed by atoms with Crippen molar-refractivity contribution in [3.05, 3.63) is 29.6 Å². The summed E-state index contributed by atoms with van der Waals surface area (Å²) in [4.78, 5) is 21.0. The van der Waals surface area contributed by atoms with Crippen molar-refractivity contribution in [1.29, 1.82) is 0 Å². The van der Waals surface area contributed by atoms with Gasteiger partial charge < -0.3 is 15.2 Å². The first-order valence-corrected chi connectivity index (χ1v) is 5.47. The van der Waals surface area contributed by atoms with Gasteiger partial charge in [0.05, 0.1) is 6.61 Å². The standard InChI is InChI=1S/C12H14FNO4/c1-2-18-10-4-3-8(7-9(10)13)5-6-14-11(15)12(16)17/h3-4,7H,2,5-6H2,1H3,(H,14,15)(H,16,17). The monoisotopic (exact) mass is 255 g/mol. The summed E-state index contributed by atoms with van der Waals surface area (Å²) in [5, 5.41) is 10.5. The van der Waals surface area contributed by atoms with E-state index in [1.54, 1.807) is 13.0 Å². The maximum absolute atomic E-state index is 13.4. The minimum Gasteiger partial charge on any atom is -0.491 e. The first-order chi connectivity index (χ1) is 8.54. The Morgan fingerprint density at radius 2 is 2.17 bits per heavy atom. The van der Waals surface area contributed by atoms with Crippen LogP contribution in [0, 0.1) is 5.82 Å². The number of carbonyl (C=O) groups excluding carboxylic acids is 1. The number of carboxylic acid groups (broad SMARTS) is 1. The molecule has 1 amide bonds. The van der Waals surface area contributed by atoms with Gasteiger partial charge in [0.1, 0.15) is 0 Å². The average Bonchev–Trinajstić information content (AvgIpc) is 2.32. The van der Waals surface area contributed by atoms with Crippen LogP contribution in [0.4, 0.5) is 4.39 Å². The Morgan fingerprint density at radius 1 is 1.44 bits per heavy atom. The van der Waals surface area contributed by atoms with E-state index >= 15 is 0 Å². The van der Waals surface area contributed by atoms with Crippen LogP contribution in [-0.2, 0) is 16.0 Å². The van der Waals surface area contributed by atoms with E-state index in [0.717, 1.165) is 0 Å². The smallest absolute Gasteiger partial charge is 0.394 e. The van der Waals surface area contributed by atoms with Gasteiger partial charge in [0.2, 0.25) is 0 Å². The number of carboxylic acids is 1. The molecule has 0 fully saturated rings. The van der Waals surface area contributed by atoms with Crippen LogP contribution < -0.4 is 10.1 Å². The molecule has 5 nitrogen and oxygen atoms in total. The number of carbonyl (C=O) groups is 2. The third-order valence-electron chi connectivity index (χ3n) is 2.19. The van der Waals surface area contributed by atoms with Gasteiger partial charge in [-0.3, -0.25) is 4.79 Å². The molecule has 0 radical (unpaired) electrons. The highest BCUT2D eigenvalue weighted by atomic mass is 19.1. The van der Waals surface area contributed by atoms with Gasteiger partial charge in [-0.05, 0) is 31.0 Å². The van der Waals surface area contributed by atoms with E-state index in [2.05, 4.69) is 5.32 Å². The second kappa shape index (κ2) is 6.58. The van der Waals surface area contributed by atoms with Gasteiger partial charge in [-0.15, -0.1) is 0 Å². The van der Waals surface area contributed by atoms with E-state index in [9.17, 15) is 14.0 Å². The first kappa shape index (κ1) is 14.0. The van der Waals surface area contributed by atoms with Crippen LogP contribution in [0.3, 0.4) is 0 Å². The Labute approximate surface area is 104 Å². The number of ether oxygens (including phenoxy) is 1. The lowest BCUT2D eigenvalue weighted by Gasteiger charge is -2.07. The highest BCUT2D eigenvalue weighted by molar-refractivity contribution is 6.31. The molecule has 18 heavy (non-hydrogen) atoms. The van der Waals surface area contributed by atoms with E-state index < -0.39 is 17.7 Å². The zero-order valence-electron chi connectivity index (χ0n) is 9.90. The van der Waals surface area contributed by atoms with E-state index in [1.165, 1.54) is 12.1 Å². The van der Waals surface area contributed by atoms with Crippen molar-refractivity contribution in [3.8, 4) is 5.75 Å². The number of hydrogen-bond acceptors (Lipinski definition) is 3. The van der Waals surface area contributed by atoms with Gasteiger partial charge in [0.15, 0.2) is 11.6 Å². The summed E-state index contributed by atoms with van der Waals surface area (Å²) in [6.45, 7) is 2.28. The molecule has 0 atom stereocenters. The fraction of sp³-hybridized carbons (Fsp3) is 0.333. The van der Waals surface area contributed by atoms with Crippen molar-refractivity contribution in [2.24, 2.45) is 0 Å². The van der Waals surface area contributed by atoms with E-state index in [-0.39, 0.29) is 12.3 Å². The molecular weight excluding hydrogens is 241 g/mol. The lowest BCUT2D eigenvalue weighted by Crippen LogP contribution is -2.32. The van der Waals surface area contributed by atoms with Gasteiger partial charge in [-0.25, -0.2) is 9.18 Å². The molecule has 0 aliphatic rings. The molecular formula is C12H14FNO4. The normalized spacial score (nSPS) is 9.89. The molecule has 98 valence electrons. The number of aliphatic carboxylic acids is 1. The van der Waals surface area contributed by atoms with Gasteiger partial charge in [0, 0.05) is 6.54 Å².